The predicted octanol–water partition coefficient (Wildman–Crippen LogP) is 1.40. The van der Waals surface area contributed by atoms with Crippen LogP contribution in [0.4, 0.5) is 0 Å². The summed E-state index contributed by atoms with van der Waals surface area (Å²) >= 11 is 0. The maximum atomic E-state index is 6.31. The number of hydrogen-bond donors (Lipinski definition) is 1. The third-order valence-electron chi connectivity index (χ3n) is 4.33. The number of nitrogens with two attached hydrogens (primary N) is 1. The zero-order valence-electron chi connectivity index (χ0n) is 13.1. The van der Waals surface area contributed by atoms with E-state index in [4.69, 9.17) is 10.5 Å². The molecule has 1 fully saturated rings. The monoisotopic (exact) mass is 271 g/mol. The second kappa shape index (κ2) is 9.70. The second-order valence-corrected chi connectivity index (χ2v) is 5.56. The van der Waals surface area contributed by atoms with Crippen LogP contribution in [-0.2, 0) is 4.74 Å². The summed E-state index contributed by atoms with van der Waals surface area (Å²) in [4.78, 5) is 4.98. The minimum atomic E-state index is 0.274. The summed E-state index contributed by atoms with van der Waals surface area (Å²) in [6.45, 7) is 15.2. The molecule has 19 heavy (non-hydrogen) atoms. The highest BCUT2D eigenvalue weighted by Gasteiger charge is 2.24. The number of nitrogens with zero attached hydrogens (tertiary/aromatic N) is 2. The van der Waals surface area contributed by atoms with Gasteiger partial charge in [0.15, 0.2) is 0 Å². The molecule has 0 aromatic carbocycles. The average molecular weight is 271 g/mol. The maximum absolute atomic E-state index is 6.31. The Bertz CT molecular complexity index is 215. The van der Waals surface area contributed by atoms with Crippen molar-refractivity contribution in [1.29, 1.82) is 0 Å². The van der Waals surface area contributed by atoms with Crippen LogP contribution in [0.3, 0.4) is 0 Å². The fourth-order valence-electron chi connectivity index (χ4n) is 2.77. The van der Waals surface area contributed by atoms with Gasteiger partial charge in [0.05, 0.1) is 6.61 Å². The molecular formula is C15H33N3O. The normalized spacial score (nSPS) is 21.5. The van der Waals surface area contributed by atoms with Crippen molar-refractivity contribution in [2.75, 3.05) is 52.5 Å². The van der Waals surface area contributed by atoms with Gasteiger partial charge in [-0.1, -0.05) is 20.8 Å². The summed E-state index contributed by atoms with van der Waals surface area (Å²) in [6, 6.07) is 0.274. The minimum absolute atomic E-state index is 0.274. The highest BCUT2D eigenvalue weighted by atomic mass is 16.5. The molecule has 0 aromatic heterocycles. The van der Waals surface area contributed by atoms with E-state index in [1.54, 1.807) is 0 Å². The zero-order chi connectivity index (χ0) is 14.1. The molecule has 2 N–H and O–H groups in total. The van der Waals surface area contributed by atoms with Gasteiger partial charge in [0.25, 0.3) is 0 Å². The summed E-state index contributed by atoms with van der Waals surface area (Å²) in [6.07, 6.45) is 2.38. The summed E-state index contributed by atoms with van der Waals surface area (Å²) in [5.74, 6) is 0.567. The fraction of sp³-hybridized carbons (Fsp3) is 1.00. The Hall–Kier alpha value is -0.160. The fourth-order valence-corrected chi connectivity index (χ4v) is 2.77. The van der Waals surface area contributed by atoms with Crippen molar-refractivity contribution in [3.8, 4) is 0 Å². The predicted molar refractivity (Wildman–Crippen MR) is 81.4 cm³/mol. The van der Waals surface area contributed by atoms with E-state index >= 15 is 0 Å². The Balaban J connectivity index is 2.20. The molecule has 2 unspecified atom stereocenters. The number of likely N-dealkylation sites (N-methyl/N-ethyl adjacent to an activating group) is 1. The molecule has 114 valence electrons. The van der Waals surface area contributed by atoms with Crippen molar-refractivity contribution < 1.29 is 4.74 Å². The van der Waals surface area contributed by atoms with Crippen molar-refractivity contribution in [3.63, 3.8) is 0 Å². The van der Waals surface area contributed by atoms with Gasteiger partial charge >= 0.3 is 0 Å². The molecule has 1 saturated heterocycles. The molecule has 1 aliphatic rings. The van der Waals surface area contributed by atoms with Crippen molar-refractivity contribution in [1.82, 2.24) is 9.80 Å². The summed E-state index contributed by atoms with van der Waals surface area (Å²) < 4.78 is 5.43. The Labute approximate surface area is 119 Å². The largest absolute Gasteiger partial charge is 0.381 e. The summed E-state index contributed by atoms with van der Waals surface area (Å²) in [5.41, 5.74) is 6.31. The van der Waals surface area contributed by atoms with Gasteiger partial charge in [0.1, 0.15) is 0 Å². The lowest BCUT2D eigenvalue weighted by atomic mass is 9.99. The van der Waals surface area contributed by atoms with Gasteiger partial charge in [-0.2, -0.15) is 0 Å². The first-order chi connectivity index (χ1) is 9.21. The first-order valence-corrected chi connectivity index (χ1v) is 7.99. The molecule has 1 aliphatic heterocycles. The standard InChI is InChI=1S/C15H33N3O/c1-4-17(5-2)9-7-10-18(6-3)12-15(16)14-8-11-19-13-14/h14-15H,4-13,16H2,1-3H3. The molecule has 0 aromatic rings. The number of ether oxygens (including phenoxy) is 1. The number of rotatable bonds is 10. The van der Waals surface area contributed by atoms with Crippen molar-refractivity contribution in [2.24, 2.45) is 11.7 Å². The molecular weight excluding hydrogens is 238 g/mol. The van der Waals surface area contributed by atoms with Gasteiger partial charge in [0, 0.05) is 25.1 Å². The van der Waals surface area contributed by atoms with Crippen LogP contribution in [0.2, 0.25) is 0 Å². The van der Waals surface area contributed by atoms with Crippen LogP contribution in [0, 0.1) is 5.92 Å². The number of hydrogen-bond acceptors (Lipinski definition) is 4. The van der Waals surface area contributed by atoms with Gasteiger partial charge < -0.3 is 20.3 Å². The minimum Gasteiger partial charge on any atom is -0.381 e. The SMILES string of the molecule is CCN(CC)CCCN(CC)CC(N)C1CCOC1. The van der Waals surface area contributed by atoms with Crippen LogP contribution in [0.25, 0.3) is 0 Å². The lowest BCUT2D eigenvalue weighted by molar-refractivity contribution is 0.169. The molecule has 4 nitrogen and oxygen atoms in total. The Morgan fingerprint density at radius 2 is 1.74 bits per heavy atom. The highest BCUT2D eigenvalue weighted by Crippen LogP contribution is 2.16. The van der Waals surface area contributed by atoms with E-state index in [0.717, 1.165) is 52.4 Å². The van der Waals surface area contributed by atoms with Crippen LogP contribution in [-0.4, -0.2) is 68.3 Å². The van der Waals surface area contributed by atoms with Gasteiger partial charge in [-0.15, -0.1) is 0 Å². The maximum Gasteiger partial charge on any atom is 0.0510 e. The Kier molecular flexibility index (Phi) is 8.62. The average Bonchev–Trinajstić information content (AvgIpc) is 2.96. The Morgan fingerprint density at radius 3 is 2.26 bits per heavy atom. The summed E-state index contributed by atoms with van der Waals surface area (Å²) in [7, 11) is 0. The van der Waals surface area contributed by atoms with Gasteiger partial charge in [0.2, 0.25) is 0 Å². The van der Waals surface area contributed by atoms with Gasteiger partial charge in [-0.3, -0.25) is 0 Å². The van der Waals surface area contributed by atoms with E-state index in [1.807, 2.05) is 0 Å². The molecule has 2 atom stereocenters. The van der Waals surface area contributed by atoms with Crippen LogP contribution in [0.5, 0.6) is 0 Å². The van der Waals surface area contributed by atoms with Gasteiger partial charge in [-0.05, 0) is 45.6 Å². The molecule has 0 saturated carbocycles. The lowest BCUT2D eigenvalue weighted by Gasteiger charge is -2.28. The topological polar surface area (TPSA) is 41.7 Å². The zero-order valence-corrected chi connectivity index (χ0v) is 13.1. The van der Waals surface area contributed by atoms with E-state index in [9.17, 15) is 0 Å². The van der Waals surface area contributed by atoms with Crippen molar-refractivity contribution in [3.05, 3.63) is 0 Å². The Morgan fingerprint density at radius 1 is 1.11 bits per heavy atom. The van der Waals surface area contributed by atoms with Crippen molar-refractivity contribution in [2.45, 2.75) is 39.7 Å². The molecule has 1 rings (SSSR count). The van der Waals surface area contributed by atoms with Crippen LogP contribution >= 0.6 is 0 Å². The summed E-state index contributed by atoms with van der Waals surface area (Å²) in [5, 5.41) is 0. The third kappa shape index (κ3) is 6.21. The van der Waals surface area contributed by atoms with E-state index in [1.165, 1.54) is 13.0 Å². The first-order valence-electron chi connectivity index (χ1n) is 7.99. The van der Waals surface area contributed by atoms with Crippen LogP contribution in [0.1, 0.15) is 33.6 Å². The highest BCUT2D eigenvalue weighted by molar-refractivity contribution is 4.79. The molecule has 0 aliphatic carbocycles. The molecule has 1 heterocycles. The smallest absolute Gasteiger partial charge is 0.0510 e. The molecule has 0 radical (unpaired) electrons. The molecule has 0 amide bonds. The first kappa shape index (κ1) is 16.9. The quantitative estimate of drug-likeness (QED) is 0.652. The molecule has 0 spiro atoms. The van der Waals surface area contributed by atoms with E-state index in [0.29, 0.717) is 5.92 Å². The van der Waals surface area contributed by atoms with E-state index in [-0.39, 0.29) is 6.04 Å². The molecule has 0 bridgehead atoms. The molecule has 4 heteroatoms. The van der Waals surface area contributed by atoms with Crippen molar-refractivity contribution >= 4 is 0 Å². The van der Waals surface area contributed by atoms with Crippen LogP contribution < -0.4 is 5.73 Å². The van der Waals surface area contributed by atoms with E-state index in [2.05, 4.69) is 30.6 Å². The second-order valence-electron chi connectivity index (χ2n) is 5.56. The third-order valence-corrected chi connectivity index (χ3v) is 4.33. The van der Waals surface area contributed by atoms with E-state index < -0.39 is 0 Å². The van der Waals surface area contributed by atoms with Gasteiger partial charge in [-0.25, -0.2) is 0 Å². The van der Waals surface area contributed by atoms with Crippen LogP contribution in [0.15, 0.2) is 0 Å². The lowest BCUT2D eigenvalue weighted by Crippen LogP contribution is -2.43.